The first-order valence-corrected chi connectivity index (χ1v) is 6.16. The van der Waals surface area contributed by atoms with Crippen LogP contribution in [-0.4, -0.2) is 29.6 Å². The molecule has 0 aromatic carbocycles. The van der Waals surface area contributed by atoms with E-state index in [1.54, 1.807) is 0 Å². The minimum absolute atomic E-state index is 0.178. The Labute approximate surface area is 88.1 Å². The quantitative estimate of drug-likeness (QED) is 0.732. The molecule has 7 heteroatoms. The van der Waals surface area contributed by atoms with Gasteiger partial charge in [0.25, 0.3) is 0 Å². The van der Waals surface area contributed by atoms with E-state index in [0.29, 0.717) is 0 Å². The Balaban J connectivity index is 5.16. The van der Waals surface area contributed by atoms with E-state index in [-0.39, 0.29) is 13.2 Å². The average Bonchev–Trinajstić information content (AvgIpc) is 2.02. The number of halogens is 2. The van der Waals surface area contributed by atoms with Crippen molar-refractivity contribution >= 4 is 7.60 Å². The Kier molecular flexibility index (Phi) is 4.86. The Bertz CT molecular complexity index is 240. The Morgan fingerprint density at radius 1 is 1.20 bits per heavy atom. The molecule has 0 unspecified atom stereocenters. The second-order valence-corrected chi connectivity index (χ2v) is 5.51. The molecule has 0 bridgehead atoms. The second-order valence-electron chi connectivity index (χ2n) is 3.43. The Morgan fingerprint density at radius 2 is 1.53 bits per heavy atom. The normalized spacial score (nSPS) is 14.3. The molecule has 0 aromatic rings. The lowest BCUT2D eigenvalue weighted by Crippen LogP contribution is -2.43. The van der Waals surface area contributed by atoms with E-state index in [1.165, 1.54) is 13.8 Å². The summed E-state index contributed by atoms with van der Waals surface area (Å²) < 4.78 is 47.9. The molecular formula is C8H17F2O4P. The topological polar surface area (TPSA) is 55.8 Å². The highest BCUT2D eigenvalue weighted by molar-refractivity contribution is 7.55. The van der Waals surface area contributed by atoms with Gasteiger partial charge >= 0.3 is 13.3 Å². The maximum absolute atomic E-state index is 13.6. The smallest absolute Gasteiger partial charge is 0.383 e. The van der Waals surface area contributed by atoms with Gasteiger partial charge in [-0.1, -0.05) is 0 Å². The van der Waals surface area contributed by atoms with E-state index in [2.05, 4.69) is 9.05 Å². The van der Waals surface area contributed by atoms with Gasteiger partial charge in [0.1, 0.15) is 5.60 Å². The summed E-state index contributed by atoms with van der Waals surface area (Å²) in [5.41, 5.74) is -6.40. The Morgan fingerprint density at radius 3 is 1.73 bits per heavy atom. The van der Waals surface area contributed by atoms with Gasteiger partial charge in [-0.3, -0.25) is 4.57 Å². The molecule has 4 nitrogen and oxygen atoms in total. The van der Waals surface area contributed by atoms with Crippen LogP contribution < -0.4 is 0 Å². The summed E-state index contributed by atoms with van der Waals surface area (Å²) >= 11 is 0. The summed E-state index contributed by atoms with van der Waals surface area (Å²) in [4.78, 5) is 0. The highest BCUT2D eigenvalue weighted by Gasteiger charge is 2.62. The van der Waals surface area contributed by atoms with Crippen molar-refractivity contribution in [2.45, 2.75) is 39.0 Å². The zero-order chi connectivity index (χ0) is 12.3. The van der Waals surface area contributed by atoms with Crippen LogP contribution in [0.5, 0.6) is 0 Å². The van der Waals surface area contributed by atoms with Crippen molar-refractivity contribution in [3.8, 4) is 0 Å². The number of hydrogen-bond donors (Lipinski definition) is 1. The summed E-state index contributed by atoms with van der Waals surface area (Å²) in [6, 6.07) is 0. The molecule has 0 atom stereocenters. The van der Waals surface area contributed by atoms with Crippen LogP contribution in [0.2, 0.25) is 0 Å². The number of rotatable bonds is 6. The lowest BCUT2D eigenvalue weighted by molar-refractivity contribution is -0.120. The largest absolute Gasteiger partial charge is 0.402 e. The fourth-order valence-electron chi connectivity index (χ4n) is 0.874. The summed E-state index contributed by atoms with van der Waals surface area (Å²) in [7, 11) is -4.63. The first kappa shape index (κ1) is 15.0. The van der Waals surface area contributed by atoms with E-state index in [0.717, 1.165) is 13.8 Å². The van der Waals surface area contributed by atoms with Crippen molar-refractivity contribution in [2.24, 2.45) is 0 Å². The molecule has 0 aliphatic carbocycles. The van der Waals surface area contributed by atoms with Crippen LogP contribution in [-0.2, 0) is 13.6 Å². The first-order valence-electron chi connectivity index (χ1n) is 4.61. The minimum Gasteiger partial charge on any atom is -0.383 e. The van der Waals surface area contributed by atoms with E-state index in [1.807, 2.05) is 0 Å². The molecule has 0 aliphatic rings. The number of alkyl halides is 2. The Hall–Kier alpha value is -0.0300. The van der Waals surface area contributed by atoms with Crippen LogP contribution in [0.1, 0.15) is 27.7 Å². The van der Waals surface area contributed by atoms with E-state index < -0.39 is 18.9 Å². The molecule has 0 fully saturated rings. The van der Waals surface area contributed by atoms with Gasteiger partial charge in [-0.2, -0.15) is 8.78 Å². The predicted octanol–water partition coefficient (Wildman–Crippen LogP) is 2.62. The third kappa shape index (κ3) is 2.97. The fraction of sp³-hybridized carbons (Fsp3) is 1.00. The molecule has 0 spiro atoms. The van der Waals surface area contributed by atoms with Gasteiger partial charge in [0.2, 0.25) is 0 Å². The zero-order valence-electron chi connectivity index (χ0n) is 9.29. The molecule has 0 radical (unpaired) electrons. The van der Waals surface area contributed by atoms with Gasteiger partial charge < -0.3 is 14.2 Å². The molecule has 92 valence electrons. The molecule has 0 saturated heterocycles. The third-order valence-corrected chi connectivity index (χ3v) is 4.11. The van der Waals surface area contributed by atoms with Gasteiger partial charge in [0, 0.05) is 0 Å². The van der Waals surface area contributed by atoms with Gasteiger partial charge in [-0.25, -0.2) is 0 Å². The van der Waals surface area contributed by atoms with Crippen molar-refractivity contribution in [1.82, 2.24) is 0 Å². The first-order chi connectivity index (χ1) is 6.62. The molecule has 0 aliphatic heterocycles. The molecule has 0 heterocycles. The van der Waals surface area contributed by atoms with Gasteiger partial charge in [-0.05, 0) is 27.7 Å². The van der Waals surface area contributed by atoms with E-state index in [9.17, 15) is 18.5 Å². The lowest BCUT2D eigenvalue weighted by Gasteiger charge is -2.33. The van der Waals surface area contributed by atoms with Crippen LogP contribution in [0.4, 0.5) is 8.78 Å². The van der Waals surface area contributed by atoms with Crippen molar-refractivity contribution in [3.05, 3.63) is 0 Å². The molecule has 0 aromatic heterocycles. The van der Waals surface area contributed by atoms with E-state index >= 15 is 0 Å². The van der Waals surface area contributed by atoms with Crippen molar-refractivity contribution < 1.29 is 27.5 Å². The molecule has 15 heavy (non-hydrogen) atoms. The number of aliphatic hydroxyl groups is 1. The summed E-state index contributed by atoms with van der Waals surface area (Å²) in [5.74, 6) is 0. The molecule has 0 rings (SSSR count). The summed E-state index contributed by atoms with van der Waals surface area (Å²) in [5, 5.41) is 9.25. The zero-order valence-corrected chi connectivity index (χ0v) is 10.2. The molecule has 0 saturated carbocycles. The van der Waals surface area contributed by atoms with Crippen LogP contribution >= 0.6 is 7.60 Å². The van der Waals surface area contributed by atoms with Crippen molar-refractivity contribution in [1.29, 1.82) is 0 Å². The van der Waals surface area contributed by atoms with Crippen LogP contribution in [0.15, 0.2) is 0 Å². The minimum atomic E-state index is -4.63. The second kappa shape index (κ2) is 4.87. The molecular weight excluding hydrogens is 229 g/mol. The average molecular weight is 246 g/mol. The maximum Gasteiger partial charge on any atom is 0.402 e. The van der Waals surface area contributed by atoms with Crippen molar-refractivity contribution in [2.75, 3.05) is 13.2 Å². The SMILES string of the molecule is CCOP(=O)(OCC)C(F)(F)C(C)(C)O. The van der Waals surface area contributed by atoms with Crippen LogP contribution in [0.25, 0.3) is 0 Å². The highest BCUT2D eigenvalue weighted by Crippen LogP contribution is 2.65. The summed E-state index contributed by atoms with van der Waals surface area (Å²) in [6.07, 6.45) is 0. The predicted molar refractivity (Wildman–Crippen MR) is 52.1 cm³/mol. The molecule has 0 amide bonds. The summed E-state index contributed by atoms with van der Waals surface area (Å²) in [6.45, 7) is 4.21. The lowest BCUT2D eigenvalue weighted by atomic mass is 10.1. The molecule has 1 N–H and O–H groups in total. The standard InChI is InChI=1S/C8H17F2O4P/c1-5-13-15(12,14-6-2)8(9,10)7(3,4)11/h11H,5-6H2,1-4H3. The monoisotopic (exact) mass is 246 g/mol. The van der Waals surface area contributed by atoms with Gasteiger partial charge in [0.15, 0.2) is 0 Å². The third-order valence-electron chi connectivity index (χ3n) is 1.68. The maximum atomic E-state index is 13.6. The fourth-order valence-corrected chi connectivity index (χ4v) is 2.62. The van der Waals surface area contributed by atoms with Gasteiger partial charge in [0.05, 0.1) is 13.2 Å². The van der Waals surface area contributed by atoms with Gasteiger partial charge in [-0.15, -0.1) is 0 Å². The number of hydrogen-bond acceptors (Lipinski definition) is 4. The van der Waals surface area contributed by atoms with E-state index in [4.69, 9.17) is 0 Å². The highest BCUT2D eigenvalue weighted by atomic mass is 31.2. The van der Waals surface area contributed by atoms with Crippen LogP contribution in [0, 0.1) is 0 Å². The van der Waals surface area contributed by atoms with Crippen LogP contribution in [0.3, 0.4) is 0 Å². The van der Waals surface area contributed by atoms with Crippen molar-refractivity contribution in [3.63, 3.8) is 0 Å².